The summed E-state index contributed by atoms with van der Waals surface area (Å²) in [7, 11) is 1.75. The van der Waals surface area contributed by atoms with Crippen molar-refractivity contribution in [2.24, 2.45) is 0 Å². The summed E-state index contributed by atoms with van der Waals surface area (Å²) in [5.74, 6) is -0.219. The molecule has 0 aliphatic carbocycles. The number of aromatic nitrogens is 3. The molecule has 0 radical (unpaired) electrons. The van der Waals surface area contributed by atoms with Gasteiger partial charge in [0, 0.05) is 18.7 Å². The van der Waals surface area contributed by atoms with Crippen LogP contribution in [0.15, 0.2) is 30.3 Å². The molecule has 0 aliphatic rings. The Morgan fingerprint density at radius 2 is 1.79 bits per heavy atom. The van der Waals surface area contributed by atoms with Crippen LogP contribution in [0, 0.1) is 11.6 Å². The Labute approximate surface area is 107 Å². The van der Waals surface area contributed by atoms with Gasteiger partial charge in [-0.15, -0.1) is 0 Å². The van der Waals surface area contributed by atoms with Crippen LogP contribution >= 0.6 is 0 Å². The van der Waals surface area contributed by atoms with E-state index in [1.165, 1.54) is 12.1 Å². The maximum Gasteiger partial charge on any atom is 0.180 e. The number of anilines is 1. The zero-order valence-corrected chi connectivity index (χ0v) is 10.0. The predicted octanol–water partition coefficient (Wildman–Crippen LogP) is 2.94. The molecule has 96 valence electrons. The lowest BCUT2D eigenvalue weighted by Crippen LogP contribution is -1.91. The lowest BCUT2D eigenvalue weighted by molar-refractivity contribution is 0.584. The van der Waals surface area contributed by atoms with Gasteiger partial charge in [-0.05, 0) is 24.3 Å². The molecule has 0 saturated carbocycles. The first-order valence-corrected chi connectivity index (χ1v) is 5.67. The number of hydrogen-bond donors (Lipinski definition) is 2. The smallest absolute Gasteiger partial charge is 0.180 e. The number of nitrogens with zero attached hydrogens (tertiary/aromatic N) is 2. The van der Waals surface area contributed by atoms with Crippen LogP contribution in [0.4, 0.5) is 14.6 Å². The van der Waals surface area contributed by atoms with Gasteiger partial charge in [-0.3, -0.25) is 0 Å². The minimum Gasteiger partial charge on any atom is -0.373 e. The second kappa shape index (κ2) is 4.31. The molecule has 19 heavy (non-hydrogen) atoms. The zero-order chi connectivity index (χ0) is 13.4. The van der Waals surface area contributed by atoms with E-state index in [0.29, 0.717) is 28.4 Å². The molecule has 3 rings (SSSR count). The molecule has 0 fully saturated rings. The first kappa shape index (κ1) is 11.6. The summed E-state index contributed by atoms with van der Waals surface area (Å²) in [6.45, 7) is 0. The van der Waals surface area contributed by atoms with E-state index in [0.717, 1.165) is 6.07 Å². The van der Waals surface area contributed by atoms with Gasteiger partial charge in [0.15, 0.2) is 5.65 Å². The molecular weight excluding hydrogens is 250 g/mol. The van der Waals surface area contributed by atoms with E-state index < -0.39 is 11.6 Å². The Morgan fingerprint density at radius 1 is 1.05 bits per heavy atom. The molecule has 0 unspecified atom stereocenters. The molecule has 2 N–H and O–H groups in total. The van der Waals surface area contributed by atoms with E-state index in [-0.39, 0.29) is 0 Å². The molecule has 1 aromatic carbocycles. The molecule has 0 atom stereocenters. The largest absolute Gasteiger partial charge is 0.373 e. The van der Waals surface area contributed by atoms with Crippen molar-refractivity contribution in [3.05, 3.63) is 42.0 Å². The number of hydrogen-bond acceptors (Lipinski definition) is 3. The van der Waals surface area contributed by atoms with Crippen molar-refractivity contribution >= 4 is 17.0 Å². The van der Waals surface area contributed by atoms with Crippen molar-refractivity contribution in [2.75, 3.05) is 12.4 Å². The van der Waals surface area contributed by atoms with Crippen molar-refractivity contribution in [3.8, 4) is 11.4 Å². The van der Waals surface area contributed by atoms with E-state index in [1.807, 2.05) is 0 Å². The van der Waals surface area contributed by atoms with Gasteiger partial charge < -0.3 is 10.3 Å². The van der Waals surface area contributed by atoms with Crippen molar-refractivity contribution in [1.29, 1.82) is 0 Å². The third-order valence-electron chi connectivity index (χ3n) is 2.74. The van der Waals surface area contributed by atoms with Crippen LogP contribution in [0.2, 0.25) is 0 Å². The molecule has 6 heteroatoms. The molecule has 0 aliphatic heterocycles. The lowest BCUT2D eigenvalue weighted by Gasteiger charge is -1.97. The Kier molecular flexibility index (Phi) is 2.63. The van der Waals surface area contributed by atoms with E-state index in [9.17, 15) is 8.78 Å². The fourth-order valence-corrected chi connectivity index (χ4v) is 1.86. The molecular formula is C13H10F2N4. The third-order valence-corrected chi connectivity index (χ3v) is 2.74. The second-order valence-corrected chi connectivity index (χ2v) is 4.06. The average Bonchev–Trinajstić information content (AvgIpc) is 2.80. The normalized spacial score (nSPS) is 10.9. The SMILES string of the molecule is CNc1ccc2[nH]c(-c3cc(F)cc(F)c3)nc2n1. The highest BCUT2D eigenvalue weighted by Gasteiger charge is 2.09. The number of halogens is 2. The molecule has 0 spiro atoms. The van der Waals surface area contributed by atoms with Crippen LogP contribution in [0.5, 0.6) is 0 Å². The quantitative estimate of drug-likeness (QED) is 0.744. The lowest BCUT2D eigenvalue weighted by atomic mass is 10.2. The number of aromatic amines is 1. The Balaban J connectivity index is 2.14. The summed E-state index contributed by atoms with van der Waals surface area (Å²) in [6.07, 6.45) is 0. The molecule has 4 nitrogen and oxygen atoms in total. The van der Waals surface area contributed by atoms with E-state index in [2.05, 4.69) is 20.3 Å². The molecule has 0 saturated heterocycles. The van der Waals surface area contributed by atoms with Crippen LogP contribution in [0.3, 0.4) is 0 Å². The number of nitrogens with one attached hydrogen (secondary N) is 2. The van der Waals surface area contributed by atoms with Crippen LogP contribution in [-0.4, -0.2) is 22.0 Å². The van der Waals surface area contributed by atoms with Gasteiger partial charge in [-0.25, -0.2) is 18.7 Å². The summed E-state index contributed by atoms with van der Waals surface area (Å²) in [4.78, 5) is 11.5. The molecule has 2 aromatic heterocycles. The van der Waals surface area contributed by atoms with Gasteiger partial charge in [0.2, 0.25) is 0 Å². The van der Waals surface area contributed by atoms with Crippen molar-refractivity contribution in [3.63, 3.8) is 0 Å². The zero-order valence-electron chi connectivity index (χ0n) is 10.0. The summed E-state index contributed by atoms with van der Waals surface area (Å²) < 4.78 is 26.4. The van der Waals surface area contributed by atoms with Crippen LogP contribution in [0.1, 0.15) is 0 Å². The third kappa shape index (κ3) is 2.12. The monoisotopic (exact) mass is 260 g/mol. The summed E-state index contributed by atoms with van der Waals surface area (Å²) in [5.41, 5.74) is 1.55. The number of benzene rings is 1. The fourth-order valence-electron chi connectivity index (χ4n) is 1.86. The van der Waals surface area contributed by atoms with Gasteiger partial charge >= 0.3 is 0 Å². The summed E-state index contributed by atoms with van der Waals surface area (Å²) in [6, 6.07) is 6.86. The van der Waals surface area contributed by atoms with E-state index in [1.54, 1.807) is 19.2 Å². The molecule has 0 bridgehead atoms. The fraction of sp³-hybridized carbons (Fsp3) is 0.0769. The standard InChI is InChI=1S/C13H10F2N4/c1-16-11-3-2-10-13(18-11)19-12(17-10)7-4-8(14)6-9(15)5-7/h2-6H,1H3,(H2,16,17,18,19). The number of fused-ring (bicyclic) bond motifs is 1. The van der Waals surface area contributed by atoms with Crippen LogP contribution < -0.4 is 5.32 Å². The van der Waals surface area contributed by atoms with Gasteiger partial charge in [0.25, 0.3) is 0 Å². The highest BCUT2D eigenvalue weighted by molar-refractivity contribution is 5.77. The highest BCUT2D eigenvalue weighted by Crippen LogP contribution is 2.22. The Bertz CT molecular complexity index is 731. The summed E-state index contributed by atoms with van der Waals surface area (Å²) in [5, 5.41) is 2.90. The molecule has 3 aromatic rings. The maximum absolute atomic E-state index is 13.2. The highest BCUT2D eigenvalue weighted by atomic mass is 19.1. The van der Waals surface area contributed by atoms with Crippen LogP contribution in [0.25, 0.3) is 22.6 Å². The molecule has 2 heterocycles. The average molecular weight is 260 g/mol. The minimum atomic E-state index is -0.640. The predicted molar refractivity (Wildman–Crippen MR) is 68.8 cm³/mol. The summed E-state index contributed by atoms with van der Waals surface area (Å²) >= 11 is 0. The Hall–Kier alpha value is -2.50. The topological polar surface area (TPSA) is 53.6 Å². The van der Waals surface area contributed by atoms with Gasteiger partial charge in [0.1, 0.15) is 23.3 Å². The van der Waals surface area contributed by atoms with Gasteiger partial charge in [0.05, 0.1) is 5.52 Å². The van der Waals surface area contributed by atoms with Crippen molar-refractivity contribution < 1.29 is 8.78 Å². The number of rotatable bonds is 2. The number of pyridine rings is 1. The number of imidazole rings is 1. The van der Waals surface area contributed by atoms with E-state index in [4.69, 9.17) is 0 Å². The number of H-pyrrole nitrogens is 1. The maximum atomic E-state index is 13.2. The van der Waals surface area contributed by atoms with Gasteiger partial charge in [-0.2, -0.15) is 0 Å². The minimum absolute atomic E-state index is 0.349. The van der Waals surface area contributed by atoms with E-state index >= 15 is 0 Å². The second-order valence-electron chi connectivity index (χ2n) is 4.06. The Morgan fingerprint density at radius 3 is 2.47 bits per heavy atom. The van der Waals surface area contributed by atoms with Crippen molar-refractivity contribution in [1.82, 2.24) is 15.0 Å². The first-order chi connectivity index (χ1) is 9.15. The van der Waals surface area contributed by atoms with Gasteiger partial charge in [-0.1, -0.05) is 0 Å². The van der Waals surface area contributed by atoms with Crippen molar-refractivity contribution in [2.45, 2.75) is 0 Å². The first-order valence-electron chi connectivity index (χ1n) is 5.67. The molecule has 0 amide bonds. The van der Waals surface area contributed by atoms with Crippen LogP contribution in [-0.2, 0) is 0 Å².